The van der Waals surface area contributed by atoms with Gasteiger partial charge in [0.25, 0.3) is 5.69 Å². The van der Waals surface area contributed by atoms with Crippen molar-refractivity contribution in [1.82, 2.24) is 0 Å². The standard InChI is InChI=1S/C14H5Cl2NO5S/c15-7-1-2-8-11(12(7)16)13(18)10-6(14(19)20)3-5(17(21)22)4-9(10)23-8/h1-4H,(H,19,20). The first-order valence-corrected chi connectivity index (χ1v) is 7.64. The number of non-ortho nitro benzene ring substituents is 1. The lowest BCUT2D eigenvalue weighted by Crippen LogP contribution is -2.09. The van der Waals surface area contributed by atoms with Crippen molar-refractivity contribution in [1.29, 1.82) is 0 Å². The van der Waals surface area contributed by atoms with Crippen LogP contribution in [-0.2, 0) is 0 Å². The zero-order valence-electron chi connectivity index (χ0n) is 11.0. The Kier molecular flexibility index (Phi) is 3.71. The van der Waals surface area contributed by atoms with Crippen molar-refractivity contribution in [3.63, 3.8) is 0 Å². The SMILES string of the molecule is O=C(O)c1cc([N+](=O)[O-])cc2sc3ccc(Cl)c(Cl)c3c(=O)c12. The molecule has 9 heteroatoms. The molecule has 3 aromatic rings. The molecule has 1 heterocycles. The van der Waals surface area contributed by atoms with E-state index in [1.807, 2.05) is 0 Å². The third-order valence-corrected chi connectivity index (χ3v) is 5.17. The van der Waals surface area contributed by atoms with Crippen LogP contribution in [0.5, 0.6) is 0 Å². The maximum Gasteiger partial charge on any atom is 0.336 e. The molecule has 0 aliphatic carbocycles. The number of benzene rings is 2. The first-order valence-electron chi connectivity index (χ1n) is 6.07. The van der Waals surface area contributed by atoms with E-state index in [4.69, 9.17) is 23.2 Å². The summed E-state index contributed by atoms with van der Waals surface area (Å²) in [6, 6.07) is 5.11. The molecule has 3 rings (SSSR count). The number of halogens is 2. The van der Waals surface area contributed by atoms with Crippen LogP contribution in [0.2, 0.25) is 10.0 Å². The molecule has 2 aromatic carbocycles. The second-order valence-electron chi connectivity index (χ2n) is 4.59. The van der Waals surface area contributed by atoms with Gasteiger partial charge in [-0.3, -0.25) is 14.9 Å². The average molecular weight is 370 g/mol. The van der Waals surface area contributed by atoms with E-state index >= 15 is 0 Å². The molecule has 0 amide bonds. The Morgan fingerprint density at radius 3 is 2.48 bits per heavy atom. The Bertz CT molecular complexity index is 1080. The molecule has 6 nitrogen and oxygen atoms in total. The van der Waals surface area contributed by atoms with Crippen LogP contribution in [0.1, 0.15) is 10.4 Å². The third kappa shape index (κ3) is 2.42. The highest BCUT2D eigenvalue weighted by molar-refractivity contribution is 7.24. The van der Waals surface area contributed by atoms with Crippen molar-refractivity contribution in [3.05, 3.63) is 60.2 Å². The van der Waals surface area contributed by atoms with Gasteiger partial charge in [-0.05, 0) is 12.1 Å². The lowest BCUT2D eigenvalue weighted by molar-refractivity contribution is -0.384. The molecule has 23 heavy (non-hydrogen) atoms. The van der Waals surface area contributed by atoms with Crippen molar-refractivity contribution in [3.8, 4) is 0 Å². The molecule has 0 saturated heterocycles. The van der Waals surface area contributed by atoms with Gasteiger partial charge >= 0.3 is 5.97 Å². The number of nitrogens with zero attached hydrogens (tertiary/aromatic N) is 1. The predicted molar refractivity (Wildman–Crippen MR) is 89.2 cm³/mol. The molecule has 0 aliphatic heterocycles. The summed E-state index contributed by atoms with van der Waals surface area (Å²) >= 11 is 13.0. The second-order valence-corrected chi connectivity index (χ2v) is 6.46. The summed E-state index contributed by atoms with van der Waals surface area (Å²) in [5, 5.41) is 20.4. The van der Waals surface area contributed by atoms with Crippen molar-refractivity contribution >= 4 is 66.4 Å². The van der Waals surface area contributed by atoms with E-state index in [0.717, 1.165) is 17.4 Å². The molecule has 1 aromatic heterocycles. The van der Waals surface area contributed by atoms with Crippen LogP contribution < -0.4 is 5.43 Å². The van der Waals surface area contributed by atoms with E-state index < -0.39 is 27.6 Å². The Labute approximate surface area is 141 Å². The number of carboxylic acids is 1. The first kappa shape index (κ1) is 15.7. The Morgan fingerprint density at radius 1 is 1.17 bits per heavy atom. The van der Waals surface area contributed by atoms with Crippen LogP contribution in [0, 0.1) is 10.1 Å². The molecular formula is C14H5Cl2NO5S. The number of carbonyl (C=O) groups is 1. The molecule has 0 aliphatic rings. The van der Waals surface area contributed by atoms with E-state index in [1.54, 1.807) is 6.07 Å². The van der Waals surface area contributed by atoms with Gasteiger partial charge in [-0.15, -0.1) is 11.3 Å². The molecule has 0 bridgehead atoms. The number of carboxylic acid groups (broad SMARTS) is 1. The largest absolute Gasteiger partial charge is 0.478 e. The summed E-state index contributed by atoms with van der Waals surface area (Å²) in [6.07, 6.45) is 0. The first-order chi connectivity index (χ1) is 10.8. The van der Waals surface area contributed by atoms with Crippen LogP contribution in [0.4, 0.5) is 5.69 Å². The van der Waals surface area contributed by atoms with Gasteiger partial charge in [0.15, 0.2) is 5.43 Å². The smallest absolute Gasteiger partial charge is 0.336 e. The molecule has 0 saturated carbocycles. The number of rotatable bonds is 2. The second kappa shape index (κ2) is 5.45. The van der Waals surface area contributed by atoms with Gasteiger partial charge in [0.05, 0.1) is 31.3 Å². The number of nitro benzene ring substituents is 1. The highest BCUT2D eigenvalue weighted by atomic mass is 35.5. The molecular weight excluding hydrogens is 365 g/mol. The van der Waals surface area contributed by atoms with E-state index in [9.17, 15) is 24.8 Å². The topological polar surface area (TPSA) is 97.5 Å². The summed E-state index contributed by atoms with van der Waals surface area (Å²) < 4.78 is 0.668. The maximum absolute atomic E-state index is 12.7. The molecule has 0 atom stereocenters. The maximum atomic E-state index is 12.7. The van der Waals surface area contributed by atoms with Gasteiger partial charge in [-0.25, -0.2) is 4.79 Å². The van der Waals surface area contributed by atoms with E-state index in [0.29, 0.717) is 4.70 Å². The van der Waals surface area contributed by atoms with Crippen LogP contribution in [0.15, 0.2) is 29.1 Å². The van der Waals surface area contributed by atoms with Crippen LogP contribution in [-0.4, -0.2) is 16.0 Å². The summed E-state index contributed by atoms with van der Waals surface area (Å²) in [5.74, 6) is -1.43. The molecule has 0 unspecified atom stereocenters. The fourth-order valence-corrected chi connectivity index (χ4v) is 3.88. The Hall–Kier alpha value is -2.22. The number of fused-ring (bicyclic) bond motifs is 2. The van der Waals surface area contributed by atoms with Gasteiger partial charge in [0.2, 0.25) is 0 Å². The molecule has 116 valence electrons. The monoisotopic (exact) mass is 369 g/mol. The number of hydrogen-bond donors (Lipinski definition) is 1. The minimum atomic E-state index is -1.43. The zero-order valence-corrected chi connectivity index (χ0v) is 13.3. The molecule has 0 radical (unpaired) electrons. The molecule has 1 N–H and O–H groups in total. The van der Waals surface area contributed by atoms with Crippen molar-refractivity contribution in [2.24, 2.45) is 0 Å². The Balaban J connectivity index is 2.61. The number of hydrogen-bond acceptors (Lipinski definition) is 5. The minimum absolute atomic E-state index is 0.0296. The number of aromatic carboxylic acids is 1. The summed E-state index contributed by atoms with van der Waals surface area (Å²) in [6.45, 7) is 0. The average Bonchev–Trinajstić information content (AvgIpc) is 2.49. The highest BCUT2D eigenvalue weighted by Gasteiger charge is 2.21. The fraction of sp³-hybridized carbons (Fsp3) is 0. The Morgan fingerprint density at radius 2 is 1.87 bits per heavy atom. The number of nitro groups is 1. The minimum Gasteiger partial charge on any atom is -0.478 e. The van der Waals surface area contributed by atoms with Gasteiger partial charge < -0.3 is 5.11 Å². The predicted octanol–water partition coefficient (Wildman–Crippen LogP) is 4.33. The van der Waals surface area contributed by atoms with Crippen molar-refractivity contribution < 1.29 is 14.8 Å². The summed E-state index contributed by atoms with van der Waals surface area (Å²) in [7, 11) is 0. The quantitative estimate of drug-likeness (QED) is 0.411. The van der Waals surface area contributed by atoms with Crippen molar-refractivity contribution in [2.75, 3.05) is 0 Å². The van der Waals surface area contributed by atoms with E-state index in [-0.39, 0.29) is 25.5 Å². The lowest BCUT2D eigenvalue weighted by atomic mass is 10.1. The van der Waals surface area contributed by atoms with Crippen LogP contribution in [0.3, 0.4) is 0 Å². The van der Waals surface area contributed by atoms with Crippen LogP contribution in [0.25, 0.3) is 20.2 Å². The molecule has 0 fully saturated rings. The third-order valence-electron chi connectivity index (χ3n) is 3.26. The lowest BCUT2D eigenvalue weighted by Gasteiger charge is -2.06. The van der Waals surface area contributed by atoms with Gasteiger partial charge in [-0.2, -0.15) is 0 Å². The van der Waals surface area contributed by atoms with Gasteiger partial charge in [-0.1, -0.05) is 23.2 Å². The normalized spacial score (nSPS) is 11.0. The molecule has 0 spiro atoms. The van der Waals surface area contributed by atoms with E-state index in [2.05, 4.69) is 0 Å². The van der Waals surface area contributed by atoms with Gasteiger partial charge in [0, 0.05) is 21.5 Å². The van der Waals surface area contributed by atoms with Gasteiger partial charge in [0.1, 0.15) is 0 Å². The van der Waals surface area contributed by atoms with Crippen molar-refractivity contribution in [2.45, 2.75) is 0 Å². The fourth-order valence-electron chi connectivity index (χ4n) is 2.26. The van der Waals surface area contributed by atoms with E-state index in [1.165, 1.54) is 12.1 Å². The summed E-state index contributed by atoms with van der Waals surface area (Å²) in [5.41, 5.74) is -1.45. The zero-order chi connectivity index (χ0) is 16.9. The summed E-state index contributed by atoms with van der Waals surface area (Å²) in [4.78, 5) is 34.4. The highest BCUT2D eigenvalue weighted by Crippen LogP contribution is 2.35. The van der Waals surface area contributed by atoms with Crippen LogP contribution >= 0.6 is 34.5 Å².